The van der Waals surface area contributed by atoms with Gasteiger partial charge in [-0.05, 0) is 35.9 Å². The molecule has 5 nitrogen and oxygen atoms in total. The highest BCUT2D eigenvalue weighted by molar-refractivity contribution is 6.42. The lowest BCUT2D eigenvalue weighted by atomic mass is 10.2. The Balaban J connectivity index is 2.20. The monoisotopic (exact) mass is 340 g/mol. The number of nitrogen functional groups attached to an aromatic ring is 1. The van der Waals surface area contributed by atoms with Crippen LogP contribution >= 0.6 is 23.2 Å². The van der Waals surface area contributed by atoms with E-state index in [0.29, 0.717) is 27.1 Å². The number of carbonyl (C=O) groups excluding carboxylic acids is 1. The van der Waals surface area contributed by atoms with Crippen molar-refractivity contribution in [2.75, 3.05) is 7.11 Å². The second-order valence-electron chi connectivity index (χ2n) is 4.38. The highest BCUT2D eigenvalue weighted by Gasteiger charge is 2.11. The predicted octanol–water partition coefficient (Wildman–Crippen LogP) is 3.18. The van der Waals surface area contributed by atoms with Crippen LogP contribution in [0.2, 0.25) is 10.0 Å². The van der Waals surface area contributed by atoms with Crippen LogP contribution < -0.4 is 20.7 Å². The first-order valence-electron chi connectivity index (χ1n) is 6.31. The van der Waals surface area contributed by atoms with Crippen molar-refractivity contribution < 1.29 is 14.3 Å². The molecule has 0 radical (unpaired) electrons. The zero-order valence-electron chi connectivity index (χ0n) is 11.7. The Morgan fingerprint density at radius 3 is 2.55 bits per heavy atom. The standard InChI is InChI=1S/C15H14Cl2N2O3/c1-21-13-5-3-10(15(20)19-18)7-14(13)22-8-9-2-4-11(16)12(17)6-9/h2-7H,8,18H2,1H3,(H,19,20). The van der Waals surface area contributed by atoms with Gasteiger partial charge in [0.05, 0.1) is 17.2 Å². The lowest BCUT2D eigenvalue weighted by molar-refractivity contribution is 0.0953. The summed E-state index contributed by atoms with van der Waals surface area (Å²) in [5.74, 6) is 5.64. The van der Waals surface area contributed by atoms with Gasteiger partial charge in [0.2, 0.25) is 0 Å². The van der Waals surface area contributed by atoms with Crippen LogP contribution in [-0.2, 0) is 6.61 Å². The summed E-state index contributed by atoms with van der Waals surface area (Å²) in [7, 11) is 1.52. The first-order valence-corrected chi connectivity index (χ1v) is 7.06. The van der Waals surface area contributed by atoms with Gasteiger partial charge in [-0.2, -0.15) is 0 Å². The Morgan fingerprint density at radius 2 is 1.91 bits per heavy atom. The van der Waals surface area contributed by atoms with Gasteiger partial charge < -0.3 is 9.47 Å². The van der Waals surface area contributed by atoms with E-state index in [2.05, 4.69) is 5.43 Å². The van der Waals surface area contributed by atoms with E-state index in [4.69, 9.17) is 38.5 Å². The van der Waals surface area contributed by atoms with Crippen LogP contribution in [0.15, 0.2) is 36.4 Å². The molecule has 0 aliphatic carbocycles. The molecule has 0 atom stereocenters. The Kier molecular flexibility index (Phi) is 5.49. The summed E-state index contributed by atoms with van der Waals surface area (Å²) >= 11 is 11.8. The van der Waals surface area contributed by atoms with E-state index in [0.717, 1.165) is 5.56 Å². The summed E-state index contributed by atoms with van der Waals surface area (Å²) in [6.07, 6.45) is 0. The maximum absolute atomic E-state index is 11.6. The summed E-state index contributed by atoms with van der Waals surface area (Å²) in [6.45, 7) is 0.251. The van der Waals surface area contributed by atoms with E-state index in [1.807, 2.05) is 0 Å². The molecule has 0 aliphatic heterocycles. The average molecular weight is 341 g/mol. The minimum absolute atomic E-state index is 0.251. The number of rotatable bonds is 5. The van der Waals surface area contributed by atoms with Crippen LogP contribution in [-0.4, -0.2) is 13.0 Å². The second-order valence-corrected chi connectivity index (χ2v) is 5.19. The molecule has 22 heavy (non-hydrogen) atoms. The van der Waals surface area contributed by atoms with E-state index in [-0.39, 0.29) is 6.61 Å². The first-order chi connectivity index (χ1) is 10.5. The molecule has 2 rings (SSSR count). The third kappa shape index (κ3) is 3.82. The fourth-order valence-electron chi connectivity index (χ4n) is 1.80. The predicted molar refractivity (Wildman–Crippen MR) is 85.4 cm³/mol. The lowest BCUT2D eigenvalue weighted by Gasteiger charge is -2.12. The van der Waals surface area contributed by atoms with Crippen LogP contribution in [0.3, 0.4) is 0 Å². The quantitative estimate of drug-likeness (QED) is 0.498. The van der Waals surface area contributed by atoms with Gasteiger partial charge >= 0.3 is 0 Å². The van der Waals surface area contributed by atoms with Crippen molar-refractivity contribution >= 4 is 29.1 Å². The number of methoxy groups -OCH3 is 1. The molecule has 0 unspecified atom stereocenters. The van der Waals surface area contributed by atoms with Crippen molar-refractivity contribution in [2.24, 2.45) is 5.84 Å². The Morgan fingerprint density at radius 1 is 1.14 bits per heavy atom. The topological polar surface area (TPSA) is 73.6 Å². The van der Waals surface area contributed by atoms with Crippen molar-refractivity contribution in [1.82, 2.24) is 5.43 Å². The van der Waals surface area contributed by atoms with E-state index >= 15 is 0 Å². The van der Waals surface area contributed by atoms with Crippen LogP contribution in [0.1, 0.15) is 15.9 Å². The van der Waals surface area contributed by atoms with Gasteiger partial charge in [0, 0.05) is 5.56 Å². The number of hydrogen-bond donors (Lipinski definition) is 2. The normalized spacial score (nSPS) is 10.2. The molecule has 0 aromatic heterocycles. The second kappa shape index (κ2) is 7.35. The fourth-order valence-corrected chi connectivity index (χ4v) is 2.13. The van der Waals surface area contributed by atoms with Gasteiger partial charge in [-0.1, -0.05) is 29.3 Å². The summed E-state index contributed by atoms with van der Waals surface area (Å²) in [6, 6.07) is 9.99. The molecular formula is C15H14Cl2N2O3. The number of ether oxygens (including phenoxy) is 2. The average Bonchev–Trinajstić information content (AvgIpc) is 2.54. The van der Waals surface area contributed by atoms with Gasteiger partial charge in [-0.3, -0.25) is 10.2 Å². The number of hydrogen-bond acceptors (Lipinski definition) is 4. The summed E-state index contributed by atoms with van der Waals surface area (Å²) in [4.78, 5) is 11.6. The number of benzene rings is 2. The zero-order chi connectivity index (χ0) is 16.1. The van der Waals surface area contributed by atoms with Crippen molar-refractivity contribution in [2.45, 2.75) is 6.61 Å². The third-order valence-corrected chi connectivity index (χ3v) is 3.67. The Bertz CT molecular complexity index is 692. The maximum atomic E-state index is 11.6. The van der Waals surface area contributed by atoms with Crippen LogP contribution in [0, 0.1) is 0 Å². The molecule has 0 spiro atoms. The molecule has 0 saturated heterocycles. The molecule has 3 N–H and O–H groups in total. The number of hydrazine groups is 1. The number of nitrogens with two attached hydrogens (primary N) is 1. The van der Waals surface area contributed by atoms with Gasteiger partial charge in [0.25, 0.3) is 5.91 Å². The molecule has 0 bridgehead atoms. The summed E-state index contributed by atoms with van der Waals surface area (Å²) in [5.41, 5.74) is 3.27. The minimum Gasteiger partial charge on any atom is -0.493 e. The highest BCUT2D eigenvalue weighted by Crippen LogP contribution is 2.29. The molecule has 7 heteroatoms. The minimum atomic E-state index is -0.415. The van der Waals surface area contributed by atoms with Crippen molar-refractivity contribution in [3.8, 4) is 11.5 Å². The lowest BCUT2D eigenvalue weighted by Crippen LogP contribution is -2.29. The number of nitrogens with one attached hydrogen (secondary N) is 1. The van der Waals surface area contributed by atoms with Crippen molar-refractivity contribution in [3.05, 3.63) is 57.6 Å². The molecule has 116 valence electrons. The maximum Gasteiger partial charge on any atom is 0.265 e. The largest absolute Gasteiger partial charge is 0.493 e. The molecule has 0 heterocycles. The number of halogens is 2. The van der Waals surface area contributed by atoms with E-state index < -0.39 is 5.91 Å². The van der Waals surface area contributed by atoms with Gasteiger partial charge in [-0.25, -0.2) is 5.84 Å². The number of carbonyl (C=O) groups is 1. The Labute approximate surface area is 137 Å². The van der Waals surface area contributed by atoms with Crippen molar-refractivity contribution in [3.63, 3.8) is 0 Å². The molecule has 2 aromatic rings. The molecule has 0 fully saturated rings. The number of amides is 1. The zero-order valence-corrected chi connectivity index (χ0v) is 13.2. The van der Waals surface area contributed by atoms with Crippen LogP contribution in [0.25, 0.3) is 0 Å². The van der Waals surface area contributed by atoms with Crippen molar-refractivity contribution in [1.29, 1.82) is 0 Å². The first kappa shape index (κ1) is 16.4. The van der Waals surface area contributed by atoms with E-state index in [1.54, 1.807) is 36.4 Å². The molecule has 2 aromatic carbocycles. The highest BCUT2D eigenvalue weighted by atomic mass is 35.5. The van der Waals surface area contributed by atoms with Gasteiger partial charge in [-0.15, -0.1) is 0 Å². The summed E-state index contributed by atoms with van der Waals surface area (Å²) in [5, 5.41) is 0.926. The molecular weight excluding hydrogens is 327 g/mol. The van der Waals surface area contributed by atoms with Gasteiger partial charge in [0.1, 0.15) is 6.61 Å². The van der Waals surface area contributed by atoms with E-state index in [1.165, 1.54) is 7.11 Å². The van der Waals surface area contributed by atoms with Crippen LogP contribution in [0.5, 0.6) is 11.5 Å². The molecule has 0 saturated carbocycles. The smallest absolute Gasteiger partial charge is 0.265 e. The molecule has 1 amide bonds. The summed E-state index contributed by atoms with van der Waals surface area (Å²) < 4.78 is 10.9. The fraction of sp³-hybridized carbons (Fsp3) is 0.133. The SMILES string of the molecule is COc1ccc(C(=O)NN)cc1OCc1ccc(Cl)c(Cl)c1. The van der Waals surface area contributed by atoms with E-state index in [9.17, 15) is 4.79 Å². The van der Waals surface area contributed by atoms with Gasteiger partial charge in [0.15, 0.2) is 11.5 Å². The van der Waals surface area contributed by atoms with Crippen LogP contribution in [0.4, 0.5) is 0 Å². The molecule has 0 aliphatic rings. The Hall–Kier alpha value is -1.95. The third-order valence-electron chi connectivity index (χ3n) is 2.94.